The fourth-order valence-electron chi connectivity index (χ4n) is 2.10. The normalized spacial score (nSPS) is 10.8. The average Bonchev–Trinajstić information content (AvgIpc) is 2.55. The van der Waals surface area contributed by atoms with E-state index in [1.54, 1.807) is 0 Å². The van der Waals surface area contributed by atoms with E-state index in [1.165, 1.54) is 12.7 Å². The molecule has 1 heterocycles. The van der Waals surface area contributed by atoms with Gasteiger partial charge in [-0.15, -0.1) is 0 Å². The number of unbranched alkanes of at least 4 members (excludes halogenated alkanes) is 1. The molecule has 0 saturated heterocycles. The summed E-state index contributed by atoms with van der Waals surface area (Å²) >= 11 is 0. The molecule has 0 saturated carbocycles. The second kappa shape index (κ2) is 8.13. The lowest BCUT2D eigenvalue weighted by atomic mass is 10.1. The molecule has 0 aliphatic rings. The third-order valence-corrected chi connectivity index (χ3v) is 3.39. The van der Waals surface area contributed by atoms with Crippen molar-refractivity contribution in [2.24, 2.45) is 0 Å². The predicted molar refractivity (Wildman–Crippen MR) is 89.3 cm³/mol. The lowest BCUT2D eigenvalue weighted by Crippen LogP contribution is -1.98. The molecule has 0 atom stereocenters. The SMILES string of the molecule is COC(=O)CCCC=Cc1cccc(-c2ccc(C)cc2)n1. The van der Waals surface area contributed by atoms with E-state index < -0.39 is 0 Å². The van der Waals surface area contributed by atoms with Gasteiger partial charge in [0.25, 0.3) is 0 Å². The van der Waals surface area contributed by atoms with Gasteiger partial charge in [0.2, 0.25) is 0 Å². The van der Waals surface area contributed by atoms with Crippen LogP contribution in [0.5, 0.6) is 0 Å². The van der Waals surface area contributed by atoms with Crippen molar-refractivity contribution in [1.82, 2.24) is 4.98 Å². The Bertz CT molecular complexity index is 645. The number of hydrogen-bond acceptors (Lipinski definition) is 3. The van der Waals surface area contributed by atoms with Crippen molar-refractivity contribution in [2.75, 3.05) is 7.11 Å². The van der Waals surface area contributed by atoms with Gasteiger partial charge in [-0.2, -0.15) is 0 Å². The number of rotatable bonds is 6. The Balaban J connectivity index is 1.96. The van der Waals surface area contributed by atoms with Crippen LogP contribution >= 0.6 is 0 Å². The fourth-order valence-corrected chi connectivity index (χ4v) is 2.10. The smallest absolute Gasteiger partial charge is 0.305 e. The number of carbonyl (C=O) groups is 1. The molecule has 0 N–H and O–H groups in total. The van der Waals surface area contributed by atoms with E-state index in [9.17, 15) is 4.79 Å². The molecule has 3 nitrogen and oxygen atoms in total. The maximum atomic E-state index is 11.0. The zero-order valence-corrected chi connectivity index (χ0v) is 13.1. The number of aryl methyl sites for hydroxylation is 1. The molecular weight excluding hydrogens is 274 g/mol. The number of esters is 1. The molecule has 0 radical (unpaired) electrons. The molecule has 0 aliphatic heterocycles. The molecule has 0 spiro atoms. The Morgan fingerprint density at radius 2 is 1.95 bits per heavy atom. The Morgan fingerprint density at radius 1 is 1.18 bits per heavy atom. The van der Waals surface area contributed by atoms with Crippen molar-refractivity contribution in [2.45, 2.75) is 26.2 Å². The van der Waals surface area contributed by atoms with Gasteiger partial charge < -0.3 is 4.74 Å². The fraction of sp³-hybridized carbons (Fsp3) is 0.263. The number of hydrogen-bond donors (Lipinski definition) is 0. The van der Waals surface area contributed by atoms with Gasteiger partial charge in [-0.25, -0.2) is 4.98 Å². The minimum atomic E-state index is -0.159. The standard InChI is InChI=1S/C19H21NO2/c1-15-11-13-16(14-12-15)18-9-6-8-17(20-18)7-4-3-5-10-19(21)22-2/h4,6-9,11-14H,3,5,10H2,1-2H3. The van der Waals surface area contributed by atoms with Crippen LogP contribution < -0.4 is 0 Å². The number of allylic oxidation sites excluding steroid dienone is 1. The molecule has 0 aliphatic carbocycles. The van der Waals surface area contributed by atoms with Crippen molar-refractivity contribution < 1.29 is 9.53 Å². The maximum absolute atomic E-state index is 11.0. The zero-order chi connectivity index (χ0) is 15.8. The highest BCUT2D eigenvalue weighted by atomic mass is 16.5. The summed E-state index contributed by atoms with van der Waals surface area (Å²) in [6.45, 7) is 2.07. The monoisotopic (exact) mass is 295 g/mol. The summed E-state index contributed by atoms with van der Waals surface area (Å²) in [6.07, 6.45) is 6.13. The van der Waals surface area contributed by atoms with E-state index in [0.29, 0.717) is 6.42 Å². The van der Waals surface area contributed by atoms with E-state index in [2.05, 4.69) is 40.9 Å². The van der Waals surface area contributed by atoms with Crippen molar-refractivity contribution in [3.8, 4) is 11.3 Å². The van der Waals surface area contributed by atoms with Gasteiger partial charge in [0.1, 0.15) is 0 Å². The highest BCUT2D eigenvalue weighted by Gasteiger charge is 2.00. The average molecular weight is 295 g/mol. The summed E-state index contributed by atoms with van der Waals surface area (Å²) in [5, 5.41) is 0. The van der Waals surface area contributed by atoms with E-state index in [0.717, 1.165) is 29.8 Å². The summed E-state index contributed by atoms with van der Waals surface area (Å²) in [4.78, 5) is 15.7. The van der Waals surface area contributed by atoms with Gasteiger partial charge in [-0.3, -0.25) is 4.79 Å². The van der Waals surface area contributed by atoms with Crippen molar-refractivity contribution in [3.05, 3.63) is 59.8 Å². The van der Waals surface area contributed by atoms with E-state index in [-0.39, 0.29) is 5.97 Å². The highest BCUT2D eigenvalue weighted by molar-refractivity contribution is 5.69. The van der Waals surface area contributed by atoms with Gasteiger partial charge in [0.15, 0.2) is 0 Å². The second-order valence-electron chi connectivity index (χ2n) is 5.18. The Morgan fingerprint density at radius 3 is 2.68 bits per heavy atom. The number of benzene rings is 1. The minimum Gasteiger partial charge on any atom is -0.469 e. The number of nitrogens with zero attached hydrogens (tertiary/aromatic N) is 1. The second-order valence-corrected chi connectivity index (χ2v) is 5.18. The van der Waals surface area contributed by atoms with Crippen LogP contribution in [0.4, 0.5) is 0 Å². The summed E-state index contributed by atoms with van der Waals surface area (Å²) in [6, 6.07) is 14.4. The van der Waals surface area contributed by atoms with Gasteiger partial charge in [0, 0.05) is 12.0 Å². The third-order valence-electron chi connectivity index (χ3n) is 3.39. The molecule has 0 fully saturated rings. The van der Waals surface area contributed by atoms with E-state index in [1.807, 2.05) is 30.4 Å². The summed E-state index contributed by atoms with van der Waals surface area (Å²) in [5.74, 6) is -0.159. The van der Waals surface area contributed by atoms with Gasteiger partial charge in [-0.1, -0.05) is 42.0 Å². The van der Waals surface area contributed by atoms with Crippen LogP contribution in [0.2, 0.25) is 0 Å². The number of carbonyl (C=O) groups excluding carboxylic acids is 1. The largest absolute Gasteiger partial charge is 0.469 e. The molecular formula is C19H21NO2. The zero-order valence-electron chi connectivity index (χ0n) is 13.1. The van der Waals surface area contributed by atoms with Crippen LogP contribution in [0, 0.1) is 6.92 Å². The molecule has 0 bridgehead atoms. The van der Waals surface area contributed by atoms with Crippen LogP contribution in [-0.2, 0) is 9.53 Å². The number of methoxy groups -OCH3 is 1. The summed E-state index contributed by atoms with van der Waals surface area (Å²) < 4.78 is 4.61. The van der Waals surface area contributed by atoms with Gasteiger partial charge in [-0.05, 0) is 38.0 Å². The van der Waals surface area contributed by atoms with E-state index in [4.69, 9.17) is 0 Å². The summed E-state index contributed by atoms with van der Waals surface area (Å²) in [7, 11) is 1.42. The number of ether oxygens (including phenoxy) is 1. The predicted octanol–water partition coefficient (Wildman–Crippen LogP) is 4.41. The van der Waals surface area contributed by atoms with Crippen LogP contribution in [0.1, 0.15) is 30.5 Å². The first-order chi connectivity index (χ1) is 10.7. The lowest BCUT2D eigenvalue weighted by molar-refractivity contribution is -0.140. The molecule has 3 heteroatoms. The summed E-state index contributed by atoms with van der Waals surface area (Å²) in [5.41, 5.74) is 4.25. The first-order valence-corrected chi connectivity index (χ1v) is 7.46. The highest BCUT2D eigenvalue weighted by Crippen LogP contribution is 2.18. The van der Waals surface area contributed by atoms with E-state index >= 15 is 0 Å². The lowest BCUT2D eigenvalue weighted by Gasteiger charge is -2.03. The molecule has 0 unspecified atom stereocenters. The number of pyridine rings is 1. The quantitative estimate of drug-likeness (QED) is 0.585. The Labute approximate surface area is 131 Å². The molecule has 2 rings (SSSR count). The molecule has 2 aromatic rings. The molecule has 1 aromatic heterocycles. The van der Waals surface area contributed by atoms with Crippen LogP contribution in [0.25, 0.3) is 17.3 Å². The molecule has 22 heavy (non-hydrogen) atoms. The van der Waals surface area contributed by atoms with Crippen LogP contribution in [-0.4, -0.2) is 18.1 Å². The van der Waals surface area contributed by atoms with Crippen molar-refractivity contribution in [1.29, 1.82) is 0 Å². The minimum absolute atomic E-state index is 0.159. The maximum Gasteiger partial charge on any atom is 0.305 e. The van der Waals surface area contributed by atoms with Gasteiger partial charge >= 0.3 is 5.97 Å². The Hall–Kier alpha value is -2.42. The first-order valence-electron chi connectivity index (χ1n) is 7.46. The van der Waals surface area contributed by atoms with Crippen molar-refractivity contribution in [3.63, 3.8) is 0 Å². The molecule has 114 valence electrons. The van der Waals surface area contributed by atoms with Crippen LogP contribution in [0.3, 0.4) is 0 Å². The Kier molecular flexibility index (Phi) is 5.90. The topological polar surface area (TPSA) is 39.2 Å². The first kappa shape index (κ1) is 16.0. The number of aromatic nitrogens is 1. The van der Waals surface area contributed by atoms with Crippen molar-refractivity contribution >= 4 is 12.0 Å². The molecule has 1 aromatic carbocycles. The van der Waals surface area contributed by atoms with Crippen LogP contribution in [0.15, 0.2) is 48.5 Å². The molecule has 0 amide bonds. The third kappa shape index (κ3) is 4.85. The van der Waals surface area contributed by atoms with Gasteiger partial charge in [0.05, 0.1) is 18.5 Å².